The van der Waals surface area contributed by atoms with Gasteiger partial charge in [-0.15, -0.1) is 0 Å². The van der Waals surface area contributed by atoms with Gasteiger partial charge in [-0.3, -0.25) is 14.4 Å². The predicted molar refractivity (Wildman–Crippen MR) is 117 cm³/mol. The van der Waals surface area contributed by atoms with Gasteiger partial charge in [0.05, 0.1) is 5.92 Å². The number of ether oxygens (including phenoxy) is 2. The van der Waals surface area contributed by atoms with Crippen molar-refractivity contribution in [2.45, 2.75) is 19.3 Å². The molecule has 1 N–H and O–H groups in total. The van der Waals surface area contributed by atoms with Gasteiger partial charge in [0.25, 0.3) is 0 Å². The number of piperidine rings is 1. The zero-order valence-corrected chi connectivity index (χ0v) is 17.7. The molecule has 0 bridgehead atoms. The van der Waals surface area contributed by atoms with Crippen molar-refractivity contribution in [3.05, 3.63) is 48.5 Å². The number of hydrogen-bond acceptors (Lipinski definition) is 5. The van der Waals surface area contributed by atoms with E-state index in [0.29, 0.717) is 49.7 Å². The number of rotatable bonds is 4. The molecule has 2 aromatic carbocycles. The lowest BCUT2D eigenvalue weighted by Gasteiger charge is -2.33. The summed E-state index contributed by atoms with van der Waals surface area (Å²) in [6.07, 6.45) is 1.44. The van der Waals surface area contributed by atoms with Crippen molar-refractivity contribution < 1.29 is 23.9 Å². The van der Waals surface area contributed by atoms with E-state index < -0.39 is 0 Å². The minimum atomic E-state index is -0.373. The molecule has 166 valence electrons. The second-order valence-electron chi connectivity index (χ2n) is 8.40. The molecule has 3 aliphatic heterocycles. The molecule has 0 saturated carbocycles. The molecule has 1 unspecified atom stereocenters. The number of amides is 3. The van der Waals surface area contributed by atoms with Crippen LogP contribution in [0.4, 0.5) is 11.4 Å². The number of para-hydroxylation sites is 1. The molecule has 3 aliphatic rings. The Kier molecular flexibility index (Phi) is 5.43. The Morgan fingerprint density at radius 1 is 0.938 bits per heavy atom. The van der Waals surface area contributed by atoms with Crippen LogP contribution in [0.3, 0.4) is 0 Å². The molecule has 2 saturated heterocycles. The van der Waals surface area contributed by atoms with Gasteiger partial charge in [-0.2, -0.15) is 0 Å². The van der Waals surface area contributed by atoms with Crippen molar-refractivity contribution in [1.29, 1.82) is 0 Å². The summed E-state index contributed by atoms with van der Waals surface area (Å²) in [4.78, 5) is 41.7. The topological polar surface area (TPSA) is 88.2 Å². The highest BCUT2D eigenvalue weighted by molar-refractivity contribution is 6.00. The molecule has 0 aliphatic carbocycles. The van der Waals surface area contributed by atoms with Crippen molar-refractivity contribution in [1.82, 2.24) is 4.90 Å². The molecule has 0 radical (unpaired) electrons. The van der Waals surface area contributed by atoms with E-state index >= 15 is 0 Å². The van der Waals surface area contributed by atoms with Crippen LogP contribution in [0.1, 0.15) is 19.3 Å². The van der Waals surface area contributed by atoms with Crippen molar-refractivity contribution >= 4 is 29.1 Å². The quantitative estimate of drug-likeness (QED) is 0.798. The third-order valence-corrected chi connectivity index (χ3v) is 6.36. The Balaban J connectivity index is 1.16. The Hall–Kier alpha value is -3.55. The molecule has 2 aromatic rings. The van der Waals surface area contributed by atoms with Crippen LogP contribution in [0.15, 0.2) is 48.5 Å². The third kappa shape index (κ3) is 4.00. The summed E-state index contributed by atoms with van der Waals surface area (Å²) >= 11 is 0. The zero-order chi connectivity index (χ0) is 22.1. The van der Waals surface area contributed by atoms with Gasteiger partial charge in [0.2, 0.25) is 24.5 Å². The molecule has 8 heteroatoms. The average molecular weight is 435 g/mol. The summed E-state index contributed by atoms with van der Waals surface area (Å²) in [5.74, 6) is 0.696. The molecule has 1 atom stereocenters. The van der Waals surface area contributed by atoms with E-state index in [1.54, 1.807) is 21.9 Å². The number of carbonyl (C=O) groups is 3. The van der Waals surface area contributed by atoms with Crippen LogP contribution in [0.5, 0.6) is 11.5 Å². The number of fused-ring (bicyclic) bond motifs is 1. The number of carbonyl (C=O) groups excluding carboxylic acids is 3. The van der Waals surface area contributed by atoms with Crippen molar-refractivity contribution in [2.24, 2.45) is 11.8 Å². The summed E-state index contributed by atoms with van der Waals surface area (Å²) in [5, 5.41) is 2.95. The molecule has 0 spiro atoms. The first-order chi connectivity index (χ1) is 15.6. The number of nitrogens with one attached hydrogen (secondary N) is 1. The first-order valence-corrected chi connectivity index (χ1v) is 10.9. The number of benzene rings is 2. The van der Waals surface area contributed by atoms with E-state index in [1.165, 1.54) is 0 Å². The maximum absolute atomic E-state index is 13.1. The molecule has 3 amide bonds. The lowest BCUT2D eigenvalue weighted by Crippen LogP contribution is -2.44. The number of anilines is 2. The minimum absolute atomic E-state index is 0.00618. The van der Waals surface area contributed by atoms with Crippen LogP contribution < -0.4 is 19.7 Å². The zero-order valence-electron chi connectivity index (χ0n) is 17.7. The Labute approximate surface area is 186 Å². The minimum Gasteiger partial charge on any atom is -0.454 e. The SMILES string of the molecule is O=C(Nc1ccccc1)C1CCN(C(=O)C2CC(=O)N(c3ccc4c(c3)OCO4)C2)CC1. The van der Waals surface area contributed by atoms with Gasteiger partial charge in [0, 0.05) is 49.4 Å². The Morgan fingerprint density at radius 2 is 1.69 bits per heavy atom. The van der Waals surface area contributed by atoms with Gasteiger partial charge >= 0.3 is 0 Å². The van der Waals surface area contributed by atoms with E-state index in [1.807, 2.05) is 36.4 Å². The first kappa shape index (κ1) is 20.4. The molecule has 32 heavy (non-hydrogen) atoms. The van der Waals surface area contributed by atoms with Crippen molar-refractivity contribution in [3.8, 4) is 11.5 Å². The highest BCUT2D eigenvalue weighted by atomic mass is 16.7. The monoisotopic (exact) mass is 435 g/mol. The fraction of sp³-hybridized carbons (Fsp3) is 0.375. The van der Waals surface area contributed by atoms with Crippen LogP contribution in [0.2, 0.25) is 0 Å². The predicted octanol–water partition coefficient (Wildman–Crippen LogP) is 2.65. The molecule has 8 nitrogen and oxygen atoms in total. The smallest absolute Gasteiger partial charge is 0.231 e. The second-order valence-corrected chi connectivity index (χ2v) is 8.40. The summed E-state index contributed by atoms with van der Waals surface area (Å²) < 4.78 is 10.7. The molecule has 3 heterocycles. The maximum Gasteiger partial charge on any atom is 0.231 e. The van der Waals surface area contributed by atoms with Gasteiger partial charge in [-0.1, -0.05) is 18.2 Å². The molecular formula is C24H25N3O5. The molecule has 0 aromatic heterocycles. The van der Waals surface area contributed by atoms with Gasteiger partial charge in [0.1, 0.15) is 0 Å². The lowest BCUT2D eigenvalue weighted by molar-refractivity contribution is -0.138. The Morgan fingerprint density at radius 3 is 2.47 bits per heavy atom. The largest absolute Gasteiger partial charge is 0.454 e. The highest BCUT2D eigenvalue weighted by Crippen LogP contribution is 2.37. The normalized spacial score (nSPS) is 20.5. The second kappa shape index (κ2) is 8.53. The highest BCUT2D eigenvalue weighted by Gasteiger charge is 2.39. The van der Waals surface area contributed by atoms with E-state index in [9.17, 15) is 14.4 Å². The lowest BCUT2D eigenvalue weighted by atomic mass is 9.94. The average Bonchev–Trinajstić information content (AvgIpc) is 3.45. The van der Waals surface area contributed by atoms with Crippen molar-refractivity contribution in [2.75, 3.05) is 36.6 Å². The summed E-state index contributed by atoms with van der Waals surface area (Å²) in [5.41, 5.74) is 1.50. The van der Waals surface area contributed by atoms with E-state index in [0.717, 1.165) is 5.69 Å². The first-order valence-electron chi connectivity index (χ1n) is 10.9. The molecular weight excluding hydrogens is 410 g/mol. The number of nitrogens with zero attached hydrogens (tertiary/aromatic N) is 2. The summed E-state index contributed by atoms with van der Waals surface area (Å²) in [6.45, 7) is 1.58. The maximum atomic E-state index is 13.1. The summed E-state index contributed by atoms with van der Waals surface area (Å²) in [6, 6.07) is 14.8. The van der Waals surface area contributed by atoms with Crippen LogP contribution in [0, 0.1) is 11.8 Å². The van der Waals surface area contributed by atoms with Crippen LogP contribution in [0.25, 0.3) is 0 Å². The van der Waals surface area contributed by atoms with E-state index in [2.05, 4.69) is 5.32 Å². The summed E-state index contributed by atoms with van der Waals surface area (Å²) in [7, 11) is 0. The van der Waals surface area contributed by atoms with Crippen LogP contribution >= 0.6 is 0 Å². The number of hydrogen-bond donors (Lipinski definition) is 1. The van der Waals surface area contributed by atoms with Crippen molar-refractivity contribution in [3.63, 3.8) is 0 Å². The fourth-order valence-electron chi connectivity index (χ4n) is 4.56. The van der Waals surface area contributed by atoms with Gasteiger partial charge in [0.15, 0.2) is 11.5 Å². The Bertz CT molecular complexity index is 1030. The van der Waals surface area contributed by atoms with Crippen LogP contribution in [-0.4, -0.2) is 49.0 Å². The van der Waals surface area contributed by atoms with E-state index in [4.69, 9.17) is 9.47 Å². The van der Waals surface area contributed by atoms with Gasteiger partial charge in [-0.25, -0.2) is 0 Å². The van der Waals surface area contributed by atoms with Crippen LogP contribution in [-0.2, 0) is 14.4 Å². The number of likely N-dealkylation sites (tertiary alicyclic amines) is 1. The standard InChI is InChI=1S/C24H25N3O5/c28-22-12-17(14-27(22)19-6-7-20-21(13-19)32-15-31-20)24(30)26-10-8-16(9-11-26)23(29)25-18-4-2-1-3-5-18/h1-7,13,16-17H,8-12,14-15H2,(H,25,29). The molecule has 2 fully saturated rings. The van der Waals surface area contributed by atoms with Gasteiger partial charge < -0.3 is 24.6 Å². The molecule has 5 rings (SSSR count). The fourth-order valence-corrected chi connectivity index (χ4v) is 4.56. The van der Waals surface area contributed by atoms with Gasteiger partial charge in [-0.05, 0) is 37.1 Å². The van der Waals surface area contributed by atoms with E-state index in [-0.39, 0.29) is 42.8 Å². The third-order valence-electron chi connectivity index (χ3n) is 6.36.